The van der Waals surface area contributed by atoms with Crippen molar-refractivity contribution in [2.75, 3.05) is 33.3 Å². The maximum atomic E-state index is 13.7. The topological polar surface area (TPSA) is 70.0 Å². The Kier molecular flexibility index (Phi) is 6.77. The van der Waals surface area contributed by atoms with Gasteiger partial charge in [-0.1, -0.05) is 19.9 Å². The van der Waals surface area contributed by atoms with Crippen molar-refractivity contribution in [3.8, 4) is 17.2 Å². The molecule has 3 rings (SSSR count). The standard InChI is InChI=1S/C25H30N2O5/c1-15(2)13-27-14-19(17-11-22(31-6)23(32-7)12-18(17)25(27)29)24(28)26(4)20-10-16(3)8-9-21(20)30-5/h8-12,14-15H,13H2,1-7H3. The molecule has 1 amide bonds. The van der Waals surface area contributed by atoms with E-state index in [0.29, 0.717) is 45.8 Å². The lowest BCUT2D eigenvalue weighted by molar-refractivity contribution is 0.0993. The first kappa shape index (κ1) is 23.2. The minimum absolute atomic E-state index is 0.179. The molecule has 2 aromatic carbocycles. The molecule has 0 unspecified atom stereocenters. The van der Waals surface area contributed by atoms with E-state index in [1.807, 2.05) is 39.0 Å². The molecule has 0 radical (unpaired) electrons. The van der Waals surface area contributed by atoms with E-state index >= 15 is 0 Å². The summed E-state index contributed by atoms with van der Waals surface area (Å²) in [6, 6.07) is 8.98. The third-order valence-corrected chi connectivity index (χ3v) is 5.38. The first-order valence-corrected chi connectivity index (χ1v) is 10.4. The molecule has 32 heavy (non-hydrogen) atoms. The first-order valence-electron chi connectivity index (χ1n) is 10.4. The molecule has 7 heteroatoms. The molecule has 0 fully saturated rings. The highest BCUT2D eigenvalue weighted by Crippen LogP contribution is 2.34. The van der Waals surface area contributed by atoms with Crippen molar-refractivity contribution in [2.45, 2.75) is 27.3 Å². The molecule has 0 atom stereocenters. The average Bonchev–Trinajstić information content (AvgIpc) is 2.78. The van der Waals surface area contributed by atoms with Crippen LogP contribution < -0.4 is 24.7 Å². The molecule has 0 aliphatic rings. The zero-order chi connectivity index (χ0) is 23.6. The summed E-state index contributed by atoms with van der Waals surface area (Å²) in [6.07, 6.45) is 1.64. The highest BCUT2D eigenvalue weighted by molar-refractivity contribution is 6.14. The van der Waals surface area contributed by atoms with E-state index in [-0.39, 0.29) is 17.4 Å². The predicted molar refractivity (Wildman–Crippen MR) is 127 cm³/mol. The van der Waals surface area contributed by atoms with Crippen molar-refractivity contribution in [3.63, 3.8) is 0 Å². The van der Waals surface area contributed by atoms with Gasteiger partial charge in [-0.05, 0) is 42.7 Å². The highest BCUT2D eigenvalue weighted by Gasteiger charge is 2.23. The molecule has 0 saturated carbocycles. The van der Waals surface area contributed by atoms with E-state index in [0.717, 1.165) is 5.56 Å². The number of fused-ring (bicyclic) bond motifs is 1. The van der Waals surface area contributed by atoms with Crippen LogP contribution in [0.4, 0.5) is 5.69 Å². The van der Waals surface area contributed by atoms with Gasteiger partial charge in [0, 0.05) is 25.2 Å². The van der Waals surface area contributed by atoms with Gasteiger partial charge in [-0.25, -0.2) is 0 Å². The van der Waals surface area contributed by atoms with E-state index in [9.17, 15) is 9.59 Å². The quantitative estimate of drug-likeness (QED) is 0.551. The second-order valence-electron chi connectivity index (χ2n) is 8.19. The van der Waals surface area contributed by atoms with Gasteiger partial charge in [-0.2, -0.15) is 0 Å². The molecular weight excluding hydrogens is 408 g/mol. The number of amides is 1. The molecule has 0 saturated heterocycles. The van der Waals surface area contributed by atoms with Gasteiger partial charge in [0.15, 0.2) is 11.5 Å². The summed E-state index contributed by atoms with van der Waals surface area (Å²) in [5.41, 5.74) is 1.86. The van der Waals surface area contributed by atoms with Gasteiger partial charge in [0.2, 0.25) is 0 Å². The number of hydrogen-bond donors (Lipinski definition) is 0. The molecule has 170 valence electrons. The van der Waals surface area contributed by atoms with Crippen LogP contribution in [0.15, 0.2) is 41.3 Å². The lowest BCUT2D eigenvalue weighted by atomic mass is 10.0. The van der Waals surface area contributed by atoms with E-state index in [1.165, 1.54) is 14.2 Å². The minimum Gasteiger partial charge on any atom is -0.495 e. The third-order valence-electron chi connectivity index (χ3n) is 5.38. The smallest absolute Gasteiger partial charge is 0.260 e. The zero-order valence-electron chi connectivity index (χ0n) is 19.7. The van der Waals surface area contributed by atoms with Gasteiger partial charge >= 0.3 is 0 Å². The summed E-state index contributed by atoms with van der Waals surface area (Å²) in [7, 11) is 6.31. The van der Waals surface area contributed by atoms with Gasteiger partial charge < -0.3 is 23.7 Å². The fourth-order valence-corrected chi connectivity index (χ4v) is 3.77. The summed E-state index contributed by atoms with van der Waals surface area (Å²) in [5, 5.41) is 0.912. The Bertz CT molecular complexity index is 1210. The van der Waals surface area contributed by atoms with Crippen LogP contribution in [0.5, 0.6) is 17.2 Å². The largest absolute Gasteiger partial charge is 0.495 e. The summed E-state index contributed by atoms with van der Waals surface area (Å²) >= 11 is 0. The van der Waals surface area contributed by atoms with Crippen LogP contribution >= 0.6 is 0 Å². The maximum Gasteiger partial charge on any atom is 0.260 e. The number of benzene rings is 2. The van der Waals surface area contributed by atoms with E-state index in [4.69, 9.17) is 14.2 Å². The Balaban J connectivity index is 2.28. The number of rotatable bonds is 7. The monoisotopic (exact) mass is 438 g/mol. The number of aromatic nitrogens is 1. The molecule has 0 aliphatic heterocycles. The van der Waals surface area contributed by atoms with Gasteiger partial charge in [0.05, 0.1) is 38.0 Å². The van der Waals surface area contributed by atoms with Crippen molar-refractivity contribution in [1.82, 2.24) is 4.57 Å². The summed E-state index contributed by atoms with van der Waals surface area (Å²) < 4.78 is 17.9. The SMILES string of the molecule is COc1cc2c(C(=O)N(C)c3cc(C)ccc3OC)cn(CC(C)C)c(=O)c2cc1OC. The Labute approximate surface area is 188 Å². The van der Waals surface area contributed by atoms with Crippen LogP contribution in [0, 0.1) is 12.8 Å². The lowest BCUT2D eigenvalue weighted by Gasteiger charge is -2.22. The fourth-order valence-electron chi connectivity index (χ4n) is 3.77. The Hall–Kier alpha value is -3.48. The van der Waals surface area contributed by atoms with Gasteiger partial charge in [0.1, 0.15) is 5.75 Å². The molecule has 1 aromatic heterocycles. The van der Waals surface area contributed by atoms with E-state index in [1.54, 1.807) is 42.0 Å². The summed E-state index contributed by atoms with van der Waals surface area (Å²) in [4.78, 5) is 28.5. The first-order chi connectivity index (χ1) is 15.2. The van der Waals surface area contributed by atoms with Crippen LogP contribution in [0.1, 0.15) is 29.8 Å². The van der Waals surface area contributed by atoms with Crippen molar-refractivity contribution >= 4 is 22.4 Å². The van der Waals surface area contributed by atoms with Crippen molar-refractivity contribution in [1.29, 1.82) is 0 Å². The molecule has 7 nitrogen and oxygen atoms in total. The normalized spacial score (nSPS) is 11.0. The Morgan fingerprint density at radius 1 is 0.969 bits per heavy atom. The predicted octanol–water partition coefficient (Wildman–Crippen LogP) is 4.27. The number of carbonyl (C=O) groups excluding carboxylic acids is 1. The maximum absolute atomic E-state index is 13.7. The van der Waals surface area contributed by atoms with Crippen LogP contribution in [0.25, 0.3) is 10.8 Å². The number of pyridine rings is 1. The number of aryl methyl sites for hydroxylation is 1. The second kappa shape index (κ2) is 9.34. The molecule has 0 spiro atoms. The lowest BCUT2D eigenvalue weighted by Crippen LogP contribution is -2.30. The fraction of sp³-hybridized carbons (Fsp3) is 0.360. The minimum atomic E-state index is -0.261. The average molecular weight is 439 g/mol. The van der Waals surface area contributed by atoms with E-state index < -0.39 is 0 Å². The van der Waals surface area contributed by atoms with Crippen LogP contribution in [0.2, 0.25) is 0 Å². The molecule has 0 N–H and O–H groups in total. The van der Waals surface area contributed by atoms with Crippen molar-refractivity contribution < 1.29 is 19.0 Å². The molecular formula is C25H30N2O5. The molecule has 0 aliphatic carbocycles. The van der Waals surface area contributed by atoms with Crippen LogP contribution in [0.3, 0.4) is 0 Å². The summed E-state index contributed by atoms with van der Waals surface area (Å²) in [6.45, 7) is 6.49. The highest BCUT2D eigenvalue weighted by atomic mass is 16.5. The van der Waals surface area contributed by atoms with Crippen molar-refractivity contribution in [2.24, 2.45) is 5.92 Å². The Morgan fingerprint density at radius 2 is 1.56 bits per heavy atom. The second-order valence-corrected chi connectivity index (χ2v) is 8.19. The number of carbonyl (C=O) groups is 1. The van der Waals surface area contributed by atoms with Gasteiger partial charge in [0.25, 0.3) is 11.5 Å². The summed E-state index contributed by atoms with van der Waals surface area (Å²) in [5.74, 6) is 1.44. The number of anilines is 1. The van der Waals surface area contributed by atoms with Crippen molar-refractivity contribution in [3.05, 3.63) is 58.0 Å². The molecule has 0 bridgehead atoms. The number of methoxy groups -OCH3 is 3. The van der Waals surface area contributed by atoms with Gasteiger partial charge in [-0.15, -0.1) is 0 Å². The Morgan fingerprint density at radius 3 is 2.12 bits per heavy atom. The zero-order valence-corrected chi connectivity index (χ0v) is 19.7. The van der Waals surface area contributed by atoms with E-state index in [2.05, 4.69) is 0 Å². The van der Waals surface area contributed by atoms with Crippen LogP contribution in [-0.2, 0) is 6.54 Å². The van der Waals surface area contributed by atoms with Crippen LogP contribution in [-0.4, -0.2) is 38.9 Å². The third kappa shape index (κ3) is 4.28. The number of nitrogens with zero attached hydrogens (tertiary/aromatic N) is 2. The number of hydrogen-bond acceptors (Lipinski definition) is 5. The molecule has 1 heterocycles. The number of ether oxygens (including phenoxy) is 3. The van der Waals surface area contributed by atoms with Gasteiger partial charge in [-0.3, -0.25) is 9.59 Å². The molecule has 3 aromatic rings.